The Morgan fingerprint density at radius 2 is 1.67 bits per heavy atom. The highest BCUT2D eigenvalue weighted by Crippen LogP contribution is 2.38. The van der Waals surface area contributed by atoms with Crippen molar-refractivity contribution in [2.45, 2.75) is 50.6 Å². The number of carbonyl (C=O) groups excluding carboxylic acids is 2. The Morgan fingerprint density at radius 3 is 2.29 bits per heavy atom. The van der Waals surface area contributed by atoms with Crippen molar-refractivity contribution in [2.75, 3.05) is 0 Å². The summed E-state index contributed by atoms with van der Waals surface area (Å²) in [5.41, 5.74) is 1.97. The van der Waals surface area contributed by atoms with Gasteiger partial charge in [-0.1, -0.05) is 42.5 Å². The largest absolute Gasteiger partial charge is 0.336 e. The maximum Gasteiger partial charge on any atom is 0.223 e. The summed E-state index contributed by atoms with van der Waals surface area (Å²) in [6, 6.07) is 9.87. The molecule has 2 bridgehead atoms. The minimum Gasteiger partial charge on any atom is -0.336 e. The van der Waals surface area contributed by atoms with E-state index >= 15 is 0 Å². The fourth-order valence-corrected chi connectivity index (χ4v) is 3.64. The Bertz CT molecular complexity index is 548. The summed E-state index contributed by atoms with van der Waals surface area (Å²) in [5.74, 6) is 0.192. The van der Waals surface area contributed by atoms with E-state index in [2.05, 4.69) is 6.58 Å². The summed E-state index contributed by atoms with van der Waals surface area (Å²) in [6.07, 6.45) is 4.68. The van der Waals surface area contributed by atoms with Crippen LogP contribution in [0.4, 0.5) is 0 Å². The van der Waals surface area contributed by atoms with Gasteiger partial charge in [0.1, 0.15) is 0 Å². The van der Waals surface area contributed by atoms with Crippen LogP contribution in [0, 0.1) is 0 Å². The smallest absolute Gasteiger partial charge is 0.223 e. The van der Waals surface area contributed by atoms with E-state index in [9.17, 15) is 9.59 Å². The summed E-state index contributed by atoms with van der Waals surface area (Å²) in [7, 11) is 0. The summed E-state index contributed by atoms with van der Waals surface area (Å²) in [4.78, 5) is 26.6. The first-order valence-electron chi connectivity index (χ1n) is 7.71. The predicted molar refractivity (Wildman–Crippen MR) is 82.0 cm³/mol. The van der Waals surface area contributed by atoms with Crippen LogP contribution in [0.3, 0.4) is 0 Å². The molecule has 1 aromatic rings. The molecule has 3 nitrogen and oxygen atoms in total. The van der Waals surface area contributed by atoms with Crippen molar-refractivity contribution in [2.24, 2.45) is 0 Å². The molecule has 0 aliphatic carbocycles. The molecule has 0 N–H and O–H groups in total. The number of Topliss-reactive ketones (excluding diaryl/α,β-unsaturated/α-hetero) is 1. The molecule has 2 heterocycles. The van der Waals surface area contributed by atoms with E-state index < -0.39 is 0 Å². The van der Waals surface area contributed by atoms with Crippen LogP contribution < -0.4 is 0 Å². The second-order valence-electron chi connectivity index (χ2n) is 6.13. The third-order valence-electron chi connectivity index (χ3n) is 4.62. The Kier molecular flexibility index (Phi) is 3.91. The molecule has 1 amide bonds. The van der Waals surface area contributed by atoms with Gasteiger partial charge in [0.2, 0.25) is 5.91 Å². The van der Waals surface area contributed by atoms with Crippen molar-refractivity contribution < 1.29 is 9.59 Å². The first kappa shape index (κ1) is 14.1. The zero-order valence-electron chi connectivity index (χ0n) is 12.3. The third kappa shape index (κ3) is 2.92. The number of amides is 1. The fourth-order valence-electron chi connectivity index (χ4n) is 3.64. The van der Waals surface area contributed by atoms with E-state index in [1.54, 1.807) is 12.1 Å². The normalized spacial score (nSPS) is 24.2. The van der Waals surface area contributed by atoms with Crippen LogP contribution in [0.15, 0.2) is 42.5 Å². The lowest BCUT2D eigenvalue weighted by molar-refractivity contribution is -0.134. The van der Waals surface area contributed by atoms with Gasteiger partial charge >= 0.3 is 0 Å². The van der Waals surface area contributed by atoms with E-state index in [0.717, 1.165) is 25.7 Å². The Hall–Kier alpha value is -1.90. The molecule has 2 unspecified atom stereocenters. The number of fused-ring (bicyclic) bond motifs is 2. The quantitative estimate of drug-likeness (QED) is 0.627. The average Bonchev–Trinajstić information content (AvgIpc) is 2.77. The molecular weight excluding hydrogens is 262 g/mol. The third-order valence-corrected chi connectivity index (χ3v) is 4.62. The van der Waals surface area contributed by atoms with Crippen molar-refractivity contribution in [3.8, 4) is 0 Å². The van der Waals surface area contributed by atoms with Crippen LogP contribution in [0.1, 0.15) is 48.9 Å². The van der Waals surface area contributed by atoms with Gasteiger partial charge in [-0.05, 0) is 25.7 Å². The van der Waals surface area contributed by atoms with Crippen molar-refractivity contribution in [3.63, 3.8) is 0 Å². The van der Waals surface area contributed by atoms with Crippen LogP contribution >= 0.6 is 0 Å². The maximum atomic E-state index is 12.4. The fraction of sp³-hybridized carbons (Fsp3) is 0.444. The summed E-state index contributed by atoms with van der Waals surface area (Å²) < 4.78 is 0. The topological polar surface area (TPSA) is 37.4 Å². The number of carbonyl (C=O) groups is 2. The van der Waals surface area contributed by atoms with E-state index in [-0.39, 0.29) is 11.7 Å². The average molecular weight is 283 g/mol. The molecule has 3 heteroatoms. The zero-order chi connectivity index (χ0) is 14.8. The molecule has 2 saturated heterocycles. The molecule has 0 spiro atoms. The summed E-state index contributed by atoms with van der Waals surface area (Å²) in [6.45, 7) is 4.07. The van der Waals surface area contributed by atoms with Crippen LogP contribution in [-0.2, 0) is 4.79 Å². The number of rotatable bonds is 4. The Labute approximate surface area is 125 Å². The molecule has 2 aliphatic rings. The number of hydrogen-bond acceptors (Lipinski definition) is 2. The van der Waals surface area contributed by atoms with Gasteiger partial charge in [0.15, 0.2) is 5.78 Å². The first-order valence-corrected chi connectivity index (χ1v) is 7.71. The van der Waals surface area contributed by atoms with Gasteiger partial charge in [0, 0.05) is 30.5 Å². The van der Waals surface area contributed by atoms with Crippen molar-refractivity contribution in [1.82, 2.24) is 4.90 Å². The molecule has 2 fully saturated rings. The molecule has 0 aromatic heterocycles. The molecule has 0 radical (unpaired) electrons. The molecule has 1 aromatic carbocycles. The lowest BCUT2D eigenvalue weighted by atomic mass is 9.97. The number of nitrogens with zero attached hydrogens (tertiary/aromatic N) is 1. The van der Waals surface area contributed by atoms with Crippen molar-refractivity contribution in [1.29, 1.82) is 0 Å². The van der Waals surface area contributed by atoms with Gasteiger partial charge in [0.25, 0.3) is 0 Å². The number of ketones is 1. The highest BCUT2D eigenvalue weighted by atomic mass is 16.2. The van der Waals surface area contributed by atoms with Crippen LogP contribution in [-0.4, -0.2) is 28.7 Å². The summed E-state index contributed by atoms with van der Waals surface area (Å²) >= 11 is 0. The zero-order valence-corrected chi connectivity index (χ0v) is 12.3. The monoisotopic (exact) mass is 283 g/mol. The van der Waals surface area contributed by atoms with E-state index in [1.165, 1.54) is 5.57 Å². The predicted octanol–water partition coefficient (Wildman–Crippen LogP) is 3.36. The maximum absolute atomic E-state index is 12.4. The summed E-state index contributed by atoms with van der Waals surface area (Å²) in [5, 5.41) is 0. The number of hydrogen-bond donors (Lipinski definition) is 0. The van der Waals surface area contributed by atoms with Crippen LogP contribution in [0.25, 0.3) is 0 Å². The molecule has 110 valence electrons. The molecule has 3 rings (SSSR count). The Balaban J connectivity index is 1.58. The van der Waals surface area contributed by atoms with E-state index in [4.69, 9.17) is 0 Å². The minimum atomic E-state index is 0.0534. The standard InChI is InChI=1S/C18H21NO2/c1-13-11-15-7-8-16(12-13)19(15)18(21)10-9-17(20)14-5-3-2-4-6-14/h2-6,15-16H,1,7-12H2. The molecule has 2 aliphatic heterocycles. The molecule has 2 atom stereocenters. The SMILES string of the molecule is C=C1CC2CCC(C1)N2C(=O)CCC(=O)c1ccccc1. The lowest BCUT2D eigenvalue weighted by Gasteiger charge is -2.36. The Morgan fingerprint density at radius 1 is 1.05 bits per heavy atom. The van der Waals surface area contributed by atoms with Crippen molar-refractivity contribution >= 4 is 11.7 Å². The van der Waals surface area contributed by atoms with Gasteiger partial charge in [0.05, 0.1) is 0 Å². The second kappa shape index (κ2) is 5.84. The van der Waals surface area contributed by atoms with Crippen LogP contribution in [0.2, 0.25) is 0 Å². The van der Waals surface area contributed by atoms with Gasteiger partial charge in [-0.2, -0.15) is 0 Å². The van der Waals surface area contributed by atoms with E-state index in [0.29, 0.717) is 30.5 Å². The number of benzene rings is 1. The molecule has 0 saturated carbocycles. The van der Waals surface area contributed by atoms with Gasteiger partial charge in [-0.3, -0.25) is 9.59 Å². The molecule has 21 heavy (non-hydrogen) atoms. The molecular formula is C18H21NO2. The second-order valence-corrected chi connectivity index (χ2v) is 6.13. The van der Waals surface area contributed by atoms with E-state index in [1.807, 2.05) is 23.1 Å². The van der Waals surface area contributed by atoms with Gasteiger partial charge < -0.3 is 4.90 Å². The highest BCUT2D eigenvalue weighted by molar-refractivity contribution is 5.98. The van der Waals surface area contributed by atoms with Crippen molar-refractivity contribution in [3.05, 3.63) is 48.0 Å². The van der Waals surface area contributed by atoms with Gasteiger partial charge in [-0.15, -0.1) is 0 Å². The van der Waals surface area contributed by atoms with Gasteiger partial charge in [-0.25, -0.2) is 0 Å². The first-order chi connectivity index (χ1) is 10.1. The minimum absolute atomic E-state index is 0.0534. The number of piperidine rings is 1. The van der Waals surface area contributed by atoms with Crippen LogP contribution in [0.5, 0.6) is 0 Å². The lowest BCUT2D eigenvalue weighted by Crippen LogP contribution is -2.44. The highest BCUT2D eigenvalue weighted by Gasteiger charge is 2.40.